The lowest BCUT2D eigenvalue weighted by atomic mass is 9.73. The van der Waals surface area contributed by atoms with Gasteiger partial charge in [-0.2, -0.15) is 0 Å². The van der Waals surface area contributed by atoms with Crippen molar-refractivity contribution in [3.8, 4) is 5.75 Å². The molecule has 6 nitrogen and oxygen atoms in total. The fourth-order valence-electron chi connectivity index (χ4n) is 4.32. The van der Waals surface area contributed by atoms with Crippen molar-refractivity contribution in [1.29, 1.82) is 0 Å². The number of likely N-dealkylation sites (tertiary alicyclic amines) is 2. The number of hydrogen-bond acceptors (Lipinski definition) is 4. The number of benzene rings is 1. The Morgan fingerprint density at radius 1 is 1.22 bits per heavy atom. The molecule has 0 saturated carbocycles. The van der Waals surface area contributed by atoms with Gasteiger partial charge in [-0.25, -0.2) is 0 Å². The first kappa shape index (κ1) is 19.7. The summed E-state index contributed by atoms with van der Waals surface area (Å²) in [6.45, 7) is 3.84. The number of nitrogens with zero attached hydrogens (tertiary/aromatic N) is 3. The molecule has 1 N–H and O–H groups in total. The number of rotatable bonds is 5. The second-order valence-electron chi connectivity index (χ2n) is 8.34. The molecular weight excluding hydrogens is 342 g/mol. The average Bonchev–Trinajstić information content (AvgIpc) is 2.64. The van der Waals surface area contributed by atoms with Gasteiger partial charge in [-0.05, 0) is 39.4 Å². The number of para-hydroxylation sites is 1. The smallest absolute Gasteiger partial charge is 0.227 e. The predicted molar refractivity (Wildman–Crippen MR) is 104 cm³/mol. The number of likely N-dealkylation sites (N-methyl/N-ethyl adjacent to an activating group) is 1. The van der Waals surface area contributed by atoms with E-state index in [1.54, 1.807) is 18.2 Å². The monoisotopic (exact) mass is 373 g/mol. The van der Waals surface area contributed by atoms with Crippen LogP contribution >= 0.6 is 0 Å². The molecule has 0 unspecified atom stereocenters. The molecule has 1 aromatic rings. The summed E-state index contributed by atoms with van der Waals surface area (Å²) in [4.78, 5) is 31.2. The van der Waals surface area contributed by atoms with Gasteiger partial charge in [-0.1, -0.05) is 18.2 Å². The number of aromatic hydroxyl groups is 1. The molecule has 2 saturated heterocycles. The second kappa shape index (κ2) is 8.30. The van der Waals surface area contributed by atoms with Crippen molar-refractivity contribution in [1.82, 2.24) is 14.7 Å². The summed E-state index contributed by atoms with van der Waals surface area (Å²) >= 11 is 0. The van der Waals surface area contributed by atoms with Crippen LogP contribution in [0.1, 0.15) is 31.2 Å². The standard InChI is InChI=1S/C21H31N3O3/c1-22(2)12-13-24-16-21(10-8-19(24)26)9-5-11-23(15-21)20(27)14-17-6-3-4-7-18(17)25/h3-4,6-7,25H,5,8-16H2,1-2H3/t21-/m0/s1. The topological polar surface area (TPSA) is 64.1 Å². The van der Waals surface area contributed by atoms with Gasteiger partial charge >= 0.3 is 0 Å². The van der Waals surface area contributed by atoms with Crippen LogP contribution < -0.4 is 0 Å². The Kier molecular flexibility index (Phi) is 6.05. The molecule has 0 aliphatic carbocycles. The third-order valence-corrected chi connectivity index (χ3v) is 5.91. The minimum Gasteiger partial charge on any atom is -0.508 e. The highest BCUT2D eigenvalue weighted by atomic mass is 16.3. The van der Waals surface area contributed by atoms with Crippen LogP contribution in [-0.4, -0.2) is 78.4 Å². The number of carbonyl (C=O) groups is 2. The Hall–Kier alpha value is -2.08. The molecule has 1 spiro atoms. The molecule has 2 fully saturated rings. The number of hydrogen-bond donors (Lipinski definition) is 1. The van der Waals surface area contributed by atoms with Crippen LogP contribution in [0, 0.1) is 5.41 Å². The maximum absolute atomic E-state index is 12.8. The predicted octanol–water partition coefficient (Wildman–Crippen LogP) is 1.73. The first-order chi connectivity index (χ1) is 12.9. The van der Waals surface area contributed by atoms with E-state index in [1.165, 1.54) is 0 Å². The van der Waals surface area contributed by atoms with Gasteiger partial charge in [0, 0.05) is 50.1 Å². The van der Waals surface area contributed by atoms with Crippen molar-refractivity contribution in [2.45, 2.75) is 32.1 Å². The number of phenolic OH excluding ortho intramolecular Hbond substituents is 1. The van der Waals surface area contributed by atoms with E-state index in [4.69, 9.17) is 0 Å². The van der Waals surface area contributed by atoms with Crippen molar-refractivity contribution in [3.05, 3.63) is 29.8 Å². The lowest BCUT2D eigenvalue weighted by Crippen LogP contribution is -2.56. The van der Waals surface area contributed by atoms with Gasteiger partial charge in [0.1, 0.15) is 5.75 Å². The van der Waals surface area contributed by atoms with Crippen molar-refractivity contribution in [2.75, 3.05) is 46.8 Å². The summed E-state index contributed by atoms with van der Waals surface area (Å²) in [6, 6.07) is 7.03. The molecule has 2 aliphatic rings. The lowest BCUT2D eigenvalue weighted by molar-refractivity contribution is -0.142. The van der Waals surface area contributed by atoms with Crippen molar-refractivity contribution in [2.24, 2.45) is 5.41 Å². The van der Waals surface area contributed by atoms with Crippen LogP contribution in [0.5, 0.6) is 5.75 Å². The summed E-state index contributed by atoms with van der Waals surface area (Å²) in [5, 5.41) is 9.95. The summed E-state index contributed by atoms with van der Waals surface area (Å²) in [6.07, 6.45) is 3.72. The van der Waals surface area contributed by atoms with E-state index in [9.17, 15) is 14.7 Å². The molecule has 2 aliphatic heterocycles. The van der Waals surface area contributed by atoms with E-state index in [-0.39, 0.29) is 29.4 Å². The fraction of sp³-hybridized carbons (Fsp3) is 0.619. The minimum atomic E-state index is 0.0207. The van der Waals surface area contributed by atoms with E-state index in [1.807, 2.05) is 30.0 Å². The van der Waals surface area contributed by atoms with E-state index >= 15 is 0 Å². The van der Waals surface area contributed by atoms with Gasteiger partial charge in [0.05, 0.1) is 6.42 Å². The van der Waals surface area contributed by atoms with Crippen LogP contribution in [0.2, 0.25) is 0 Å². The highest BCUT2D eigenvalue weighted by Crippen LogP contribution is 2.39. The largest absolute Gasteiger partial charge is 0.508 e. The first-order valence-corrected chi connectivity index (χ1v) is 9.86. The number of phenols is 1. The van der Waals surface area contributed by atoms with Gasteiger partial charge in [-0.15, -0.1) is 0 Å². The Balaban J connectivity index is 1.64. The summed E-state index contributed by atoms with van der Waals surface area (Å²) in [5.74, 6) is 0.475. The zero-order valence-corrected chi connectivity index (χ0v) is 16.5. The second-order valence-corrected chi connectivity index (χ2v) is 8.34. The Bertz CT molecular complexity index is 691. The Morgan fingerprint density at radius 2 is 2.00 bits per heavy atom. The Morgan fingerprint density at radius 3 is 2.74 bits per heavy atom. The zero-order valence-electron chi connectivity index (χ0n) is 16.5. The SMILES string of the molecule is CN(C)CCN1C[C@@]2(CCCN(C(=O)Cc3ccccc3O)C2)CCC1=O. The van der Waals surface area contributed by atoms with Gasteiger partial charge in [0.25, 0.3) is 0 Å². The van der Waals surface area contributed by atoms with Crippen LogP contribution in [0.4, 0.5) is 0 Å². The highest BCUT2D eigenvalue weighted by Gasteiger charge is 2.42. The van der Waals surface area contributed by atoms with E-state index in [2.05, 4.69) is 4.90 Å². The lowest BCUT2D eigenvalue weighted by Gasteiger charge is -2.48. The maximum atomic E-state index is 12.8. The summed E-state index contributed by atoms with van der Waals surface area (Å²) in [7, 11) is 4.04. The molecule has 0 bridgehead atoms. The molecule has 27 heavy (non-hydrogen) atoms. The van der Waals surface area contributed by atoms with Gasteiger partial charge in [0.2, 0.25) is 11.8 Å². The first-order valence-electron chi connectivity index (χ1n) is 9.86. The Labute approximate surface area is 161 Å². The number of piperidine rings is 2. The van der Waals surface area contributed by atoms with Crippen molar-refractivity contribution >= 4 is 11.8 Å². The molecule has 148 valence electrons. The van der Waals surface area contributed by atoms with Crippen molar-refractivity contribution in [3.63, 3.8) is 0 Å². The van der Waals surface area contributed by atoms with Gasteiger partial charge in [0.15, 0.2) is 0 Å². The third kappa shape index (κ3) is 4.80. The molecular formula is C21H31N3O3. The molecule has 2 amide bonds. The molecule has 0 radical (unpaired) electrons. The molecule has 1 aromatic carbocycles. The fourth-order valence-corrected chi connectivity index (χ4v) is 4.32. The third-order valence-electron chi connectivity index (χ3n) is 5.91. The van der Waals surface area contributed by atoms with Crippen molar-refractivity contribution < 1.29 is 14.7 Å². The molecule has 0 aromatic heterocycles. The minimum absolute atomic E-state index is 0.0207. The maximum Gasteiger partial charge on any atom is 0.227 e. The van der Waals surface area contributed by atoms with E-state index in [0.717, 1.165) is 45.4 Å². The van der Waals surface area contributed by atoms with Gasteiger partial charge < -0.3 is 19.8 Å². The quantitative estimate of drug-likeness (QED) is 0.854. The zero-order chi connectivity index (χ0) is 19.4. The van der Waals surface area contributed by atoms with Crippen LogP contribution in [0.25, 0.3) is 0 Å². The highest BCUT2D eigenvalue weighted by molar-refractivity contribution is 5.80. The molecule has 6 heteroatoms. The average molecular weight is 373 g/mol. The number of amides is 2. The van der Waals surface area contributed by atoms with Gasteiger partial charge in [-0.3, -0.25) is 9.59 Å². The van der Waals surface area contributed by atoms with Crippen LogP contribution in [0.15, 0.2) is 24.3 Å². The van der Waals surface area contributed by atoms with E-state index < -0.39 is 0 Å². The summed E-state index contributed by atoms with van der Waals surface area (Å²) in [5.41, 5.74) is 0.695. The number of carbonyl (C=O) groups excluding carboxylic acids is 2. The molecule has 1 atom stereocenters. The molecule has 3 rings (SSSR count). The van der Waals surface area contributed by atoms with E-state index in [0.29, 0.717) is 18.5 Å². The molecule has 2 heterocycles. The van der Waals surface area contributed by atoms with Crippen LogP contribution in [-0.2, 0) is 16.0 Å². The van der Waals surface area contributed by atoms with Crippen LogP contribution in [0.3, 0.4) is 0 Å². The normalized spacial score (nSPS) is 23.3. The summed E-state index contributed by atoms with van der Waals surface area (Å²) < 4.78 is 0.